The summed E-state index contributed by atoms with van der Waals surface area (Å²) in [6, 6.07) is 0. The Hall–Kier alpha value is -1.58. The van der Waals surface area contributed by atoms with Gasteiger partial charge in [-0.05, 0) is 12.8 Å². The summed E-state index contributed by atoms with van der Waals surface area (Å²) in [6.07, 6.45) is -12.4. The molecular formula is C24H46O17. The van der Waals surface area contributed by atoms with E-state index < -0.39 is 73.0 Å². The number of aliphatic hydroxyl groups is 10. The summed E-state index contributed by atoms with van der Waals surface area (Å²) >= 11 is 0. The zero-order valence-electron chi connectivity index (χ0n) is 23.3. The Morgan fingerprint density at radius 3 is 1.07 bits per heavy atom. The van der Waals surface area contributed by atoms with Crippen molar-refractivity contribution in [2.75, 3.05) is 66.1 Å². The number of carbonyl (C=O) groups is 2. The van der Waals surface area contributed by atoms with Gasteiger partial charge < -0.3 is 74.7 Å². The number of hydrogen-bond acceptors (Lipinski definition) is 17. The predicted octanol–water partition coefficient (Wildman–Crippen LogP) is -5.45. The van der Waals surface area contributed by atoms with Crippen molar-refractivity contribution in [3.05, 3.63) is 0 Å². The maximum Gasteiger partial charge on any atom is 0.341 e. The third kappa shape index (κ3) is 12.3. The molecule has 0 amide bonds. The molecule has 244 valence electrons. The van der Waals surface area contributed by atoms with Gasteiger partial charge in [-0.15, -0.1) is 0 Å². The minimum Gasteiger partial charge on any atom is -0.461 e. The summed E-state index contributed by atoms with van der Waals surface area (Å²) in [5.41, 5.74) is -5.02. The summed E-state index contributed by atoms with van der Waals surface area (Å²) in [5, 5.41) is 96.9. The molecule has 0 aliphatic rings. The molecule has 0 saturated heterocycles. The summed E-state index contributed by atoms with van der Waals surface area (Å²) in [4.78, 5) is 24.3. The summed E-state index contributed by atoms with van der Waals surface area (Å²) < 4.78 is 25.4. The van der Waals surface area contributed by atoms with Crippen LogP contribution in [0.25, 0.3) is 0 Å². The van der Waals surface area contributed by atoms with Crippen molar-refractivity contribution in [2.45, 2.75) is 74.5 Å². The Balaban J connectivity index is 4.08. The molecule has 0 aliphatic heterocycles. The number of ether oxygens (including phenoxy) is 5. The molecule has 0 fully saturated rings. The van der Waals surface area contributed by atoms with Crippen LogP contribution in [-0.2, 0) is 33.3 Å². The largest absolute Gasteiger partial charge is 0.461 e. The molecule has 0 heterocycles. The smallest absolute Gasteiger partial charge is 0.341 e. The molecular weight excluding hydrogens is 560 g/mol. The van der Waals surface area contributed by atoms with E-state index in [1.807, 2.05) is 0 Å². The lowest BCUT2D eigenvalue weighted by atomic mass is 9.88. The summed E-state index contributed by atoms with van der Waals surface area (Å²) in [7, 11) is 0. The average Bonchev–Trinajstić information content (AvgIpc) is 2.99. The second-order valence-corrected chi connectivity index (χ2v) is 9.04. The molecule has 17 heteroatoms. The van der Waals surface area contributed by atoms with Gasteiger partial charge in [0, 0.05) is 0 Å². The van der Waals surface area contributed by atoms with Gasteiger partial charge in [0.05, 0.1) is 52.9 Å². The average molecular weight is 607 g/mol. The van der Waals surface area contributed by atoms with Crippen LogP contribution >= 0.6 is 0 Å². The van der Waals surface area contributed by atoms with Crippen LogP contribution in [0.2, 0.25) is 0 Å². The SMILES string of the molecule is CCC(O)(C(=O)OCCOCCOCCOCCOC(=O)C(O)(CC)C(O)C(O)C(O)CO)C(O)C(O)C(O)CO. The van der Waals surface area contributed by atoms with Gasteiger partial charge in [0.15, 0.2) is 11.2 Å². The predicted molar refractivity (Wildman–Crippen MR) is 135 cm³/mol. The lowest BCUT2D eigenvalue weighted by Crippen LogP contribution is -2.58. The first-order valence-electron chi connectivity index (χ1n) is 13.1. The van der Waals surface area contributed by atoms with Crippen molar-refractivity contribution in [3.63, 3.8) is 0 Å². The molecule has 8 unspecified atom stereocenters. The molecule has 0 aliphatic carbocycles. The van der Waals surface area contributed by atoms with Gasteiger partial charge in [-0.25, -0.2) is 9.59 Å². The molecule has 0 aromatic heterocycles. The van der Waals surface area contributed by atoms with Crippen molar-refractivity contribution in [1.29, 1.82) is 0 Å². The van der Waals surface area contributed by atoms with E-state index in [4.69, 9.17) is 33.9 Å². The maximum absolute atomic E-state index is 12.2. The Bertz CT molecular complexity index is 668. The Morgan fingerprint density at radius 1 is 0.561 bits per heavy atom. The standard InChI is InChI=1S/C24H46O17/c1-3-23(35,19(31)17(29)15(27)13-25)21(33)40-11-9-38-7-5-37-6-8-39-10-12-41-22(34)24(36,4-2)20(32)18(30)16(28)14-26/h15-20,25-32,35-36H,3-14H2,1-2H3. The topological polar surface area (TPSA) is 283 Å². The fourth-order valence-electron chi connectivity index (χ4n) is 3.33. The van der Waals surface area contributed by atoms with Gasteiger partial charge >= 0.3 is 11.9 Å². The number of aliphatic hydroxyl groups excluding tert-OH is 8. The zero-order chi connectivity index (χ0) is 31.6. The van der Waals surface area contributed by atoms with E-state index in [1.165, 1.54) is 13.8 Å². The van der Waals surface area contributed by atoms with Crippen LogP contribution in [0.1, 0.15) is 26.7 Å². The number of rotatable bonds is 24. The fourth-order valence-corrected chi connectivity index (χ4v) is 3.33. The molecule has 0 saturated carbocycles. The van der Waals surface area contributed by atoms with Crippen LogP contribution in [0.5, 0.6) is 0 Å². The first kappa shape index (κ1) is 39.4. The van der Waals surface area contributed by atoms with Crippen LogP contribution in [0, 0.1) is 0 Å². The molecule has 41 heavy (non-hydrogen) atoms. The lowest BCUT2D eigenvalue weighted by molar-refractivity contribution is -0.198. The van der Waals surface area contributed by atoms with E-state index in [-0.39, 0.29) is 65.7 Å². The van der Waals surface area contributed by atoms with Crippen molar-refractivity contribution in [1.82, 2.24) is 0 Å². The number of hydrogen-bond donors (Lipinski definition) is 10. The molecule has 0 rings (SSSR count). The molecule has 10 N–H and O–H groups in total. The van der Waals surface area contributed by atoms with Crippen LogP contribution in [0.3, 0.4) is 0 Å². The van der Waals surface area contributed by atoms with Crippen molar-refractivity contribution < 1.29 is 84.3 Å². The minimum atomic E-state index is -2.51. The van der Waals surface area contributed by atoms with Gasteiger partial charge in [0.25, 0.3) is 0 Å². The van der Waals surface area contributed by atoms with Crippen molar-refractivity contribution >= 4 is 11.9 Å². The van der Waals surface area contributed by atoms with E-state index in [9.17, 15) is 50.4 Å². The summed E-state index contributed by atoms with van der Waals surface area (Å²) in [5.74, 6) is -2.49. The fraction of sp³-hybridized carbons (Fsp3) is 0.917. The Morgan fingerprint density at radius 2 is 0.829 bits per heavy atom. The zero-order valence-corrected chi connectivity index (χ0v) is 23.3. The monoisotopic (exact) mass is 606 g/mol. The van der Waals surface area contributed by atoms with E-state index in [2.05, 4.69) is 0 Å². The normalized spacial score (nSPS) is 19.2. The highest BCUT2D eigenvalue weighted by Crippen LogP contribution is 2.23. The van der Waals surface area contributed by atoms with Crippen LogP contribution in [-0.4, -0.2) is 177 Å². The van der Waals surface area contributed by atoms with Gasteiger partial charge in [0.2, 0.25) is 0 Å². The molecule has 0 aromatic rings. The van der Waals surface area contributed by atoms with Gasteiger partial charge in [-0.2, -0.15) is 0 Å². The minimum absolute atomic E-state index is 0.0799. The molecule has 8 atom stereocenters. The van der Waals surface area contributed by atoms with Gasteiger partial charge in [-0.1, -0.05) is 13.8 Å². The van der Waals surface area contributed by atoms with E-state index >= 15 is 0 Å². The van der Waals surface area contributed by atoms with E-state index in [0.717, 1.165) is 0 Å². The molecule has 0 bridgehead atoms. The van der Waals surface area contributed by atoms with E-state index in [1.54, 1.807) is 0 Å². The van der Waals surface area contributed by atoms with Gasteiger partial charge in [-0.3, -0.25) is 0 Å². The third-order valence-corrected chi connectivity index (χ3v) is 6.24. The second kappa shape index (κ2) is 20.3. The second-order valence-electron chi connectivity index (χ2n) is 9.04. The van der Waals surface area contributed by atoms with Crippen LogP contribution < -0.4 is 0 Å². The quantitative estimate of drug-likeness (QED) is 0.0362. The maximum atomic E-state index is 12.2. The molecule has 0 spiro atoms. The van der Waals surface area contributed by atoms with Crippen molar-refractivity contribution in [3.8, 4) is 0 Å². The highest BCUT2D eigenvalue weighted by molar-refractivity contribution is 5.80. The molecule has 0 radical (unpaired) electrons. The lowest BCUT2D eigenvalue weighted by Gasteiger charge is -2.33. The highest BCUT2D eigenvalue weighted by atomic mass is 16.6. The summed E-state index contributed by atoms with van der Waals surface area (Å²) in [6.45, 7) is 0.651. The first-order chi connectivity index (χ1) is 19.3. The highest BCUT2D eigenvalue weighted by Gasteiger charge is 2.49. The third-order valence-electron chi connectivity index (χ3n) is 6.24. The Kier molecular flexibility index (Phi) is 19.6. The first-order valence-corrected chi connectivity index (χ1v) is 13.1. The number of esters is 2. The molecule has 0 aromatic carbocycles. The Labute approximate surface area is 237 Å². The van der Waals surface area contributed by atoms with Gasteiger partial charge in [0.1, 0.15) is 49.8 Å². The number of carbonyl (C=O) groups excluding carboxylic acids is 2. The van der Waals surface area contributed by atoms with Crippen LogP contribution in [0.15, 0.2) is 0 Å². The van der Waals surface area contributed by atoms with E-state index in [0.29, 0.717) is 0 Å². The molecule has 17 nitrogen and oxygen atoms in total. The van der Waals surface area contributed by atoms with Crippen LogP contribution in [0.4, 0.5) is 0 Å². The van der Waals surface area contributed by atoms with Crippen molar-refractivity contribution in [2.24, 2.45) is 0 Å².